The van der Waals surface area contributed by atoms with Gasteiger partial charge in [-0.2, -0.15) is 10.2 Å². The first kappa shape index (κ1) is 52.3. The highest BCUT2D eigenvalue weighted by Gasteiger charge is 2.24. The summed E-state index contributed by atoms with van der Waals surface area (Å²) in [7, 11) is 0. The van der Waals surface area contributed by atoms with Gasteiger partial charge in [0.1, 0.15) is 45.9 Å². The molecule has 0 bridgehead atoms. The number of anilines is 2. The fourth-order valence-electron chi connectivity index (χ4n) is 7.82. The monoisotopic (exact) mass is 1070 g/mol. The van der Waals surface area contributed by atoms with Gasteiger partial charge in [0, 0.05) is 38.3 Å². The van der Waals surface area contributed by atoms with Crippen LogP contribution in [0.1, 0.15) is 91.8 Å². The van der Waals surface area contributed by atoms with Crippen LogP contribution in [-0.4, -0.2) is 89.5 Å². The number of nitrogens with one attached hydrogen (secondary N) is 6. The number of benzene rings is 4. The number of fused-ring (bicyclic) bond motifs is 4. The number of primary amides is 1. The van der Waals surface area contributed by atoms with E-state index in [1.165, 1.54) is 31.2 Å². The number of ketones is 1. The number of carbonyl (C=O) groups is 8. The van der Waals surface area contributed by atoms with Crippen molar-refractivity contribution in [2.24, 2.45) is 5.73 Å². The molecule has 78 heavy (non-hydrogen) atoms. The minimum atomic E-state index is -0.929. The van der Waals surface area contributed by atoms with Crippen LogP contribution in [0.2, 0.25) is 0 Å². The van der Waals surface area contributed by atoms with Crippen molar-refractivity contribution in [2.45, 2.75) is 33.1 Å². The minimum absolute atomic E-state index is 0.0327. The Bertz CT molecular complexity index is 3830. The maximum absolute atomic E-state index is 14.4. The van der Waals surface area contributed by atoms with Gasteiger partial charge in [0.2, 0.25) is 0 Å². The molecular formula is C51H39F4N13O10. The highest BCUT2D eigenvalue weighted by Crippen LogP contribution is 2.30. The molecule has 2 aliphatic rings. The quantitative estimate of drug-likeness (QED) is 0.0604. The van der Waals surface area contributed by atoms with Crippen molar-refractivity contribution in [1.82, 2.24) is 50.5 Å². The standard InChI is InChI=1S/C26H20F2N6O5.C25H19F2N7O5/c1-13(35)16-6-14(2-4-17(16)27)9-30-26(38)21-8-20(33-24-18(28)11-31-34(21)24)25(37)29-10-15-3-5-22-19(7-15)32-23(36)12-39-22;26-15-5-12(1-3-14(15)22(28)36)8-30-25(38)19-7-18(33-23-16(27)10-31-34(19)23)24(37)29-9-13-2-4-20-17(6-13)32-21(35)11-39-20/h2-8,11H,9-10,12H2,1H3,(H,29,37)(H,30,38)(H,32,36);1-7,10H,8-9,11H2,(H2,28,36)(H,29,37)(H,30,38)(H,32,35). The molecule has 8 aromatic rings. The van der Waals surface area contributed by atoms with Crippen LogP contribution in [0.5, 0.6) is 11.5 Å². The Kier molecular flexibility index (Phi) is 14.8. The maximum Gasteiger partial charge on any atom is 0.270 e. The summed E-state index contributed by atoms with van der Waals surface area (Å²) >= 11 is 0. The predicted molar refractivity (Wildman–Crippen MR) is 263 cm³/mol. The van der Waals surface area contributed by atoms with Crippen LogP contribution >= 0.6 is 0 Å². The van der Waals surface area contributed by atoms with Gasteiger partial charge in [0.25, 0.3) is 41.4 Å². The zero-order chi connectivity index (χ0) is 55.4. The third kappa shape index (κ3) is 11.5. The third-order valence-electron chi connectivity index (χ3n) is 11.7. The lowest BCUT2D eigenvalue weighted by Gasteiger charge is -2.18. The second kappa shape index (κ2) is 22.1. The first-order valence-electron chi connectivity index (χ1n) is 23.1. The highest BCUT2D eigenvalue weighted by atomic mass is 19.1. The van der Waals surface area contributed by atoms with E-state index >= 15 is 0 Å². The lowest BCUT2D eigenvalue weighted by Crippen LogP contribution is -2.29. The van der Waals surface area contributed by atoms with Gasteiger partial charge in [-0.1, -0.05) is 24.3 Å². The summed E-state index contributed by atoms with van der Waals surface area (Å²) in [5.41, 5.74) is 6.14. The van der Waals surface area contributed by atoms with Gasteiger partial charge in [-0.05, 0) is 77.7 Å². The van der Waals surface area contributed by atoms with Gasteiger partial charge in [-0.3, -0.25) is 38.4 Å². The molecule has 23 nitrogen and oxygen atoms in total. The third-order valence-corrected chi connectivity index (χ3v) is 11.7. The number of nitrogens with two attached hydrogens (primary N) is 1. The van der Waals surface area contributed by atoms with E-state index in [-0.39, 0.29) is 96.4 Å². The van der Waals surface area contributed by atoms with E-state index < -0.39 is 58.6 Å². The molecule has 0 unspecified atom stereocenters. The lowest BCUT2D eigenvalue weighted by atomic mass is 10.1. The zero-order valence-electron chi connectivity index (χ0n) is 40.3. The van der Waals surface area contributed by atoms with Crippen molar-refractivity contribution in [3.05, 3.63) is 177 Å². The lowest BCUT2D eigenvalue weighted by molar-refractivity contribution is -0.119. The number of hydrogen-bond donors (Lipinski definition) is 7. The largest absolute Gasteiger partial charge is 0.482 e. The van der Waals surface area contributed by atoms with Gasteiger partial charge in [0.05, 0.1) is 34.9 Å². The highest BCUT2D eigenvalue weighted by molar-refractivity contribution is 6.00. The summed E-state index contributed by atoms with van der Waals surface area (Å²) in [4.78, 5) is 106. The number of Topliss-reactive ketones (excluding diaryl/α,β-unsaturated/α-hetero) is 1. The molecule has 4 aromatic carbocycles. The first-order chi connectivity index (χ1) is 37.4. The normalized spacial score (nSPS) is 12.3. The maximum atomic E-state index is 14.4. The van der Waals surface area contributed by atoms with Crippen molar-refractivity contribution < 1.29 is 65.4 Å². The number of rotatable bonds is 14. The van der Waals surface area contributed by atoms with E-state index in [0.29, 0.717) is 45.1 Å². The molecule has 0 saturated heterocycles. The van der Waals surface area contributed by atoms with E-state index in [4.69, 9.17) is 15.2 Å². The fourth-order valence-corrected chi connectivity index (χ4v) is 7.82. The summed E-state index contributed by atoms with van der Waals surface area (Å²) in [5.74, 6) is -7.05. The van der Waals surface area contributed by atoms with E-state index in [1.807, 2.05) is 0 Å². The van der Waals surface area contributed by atoms with Crippen molar-refractivity contribution >= 4 is 69.8 Å². The summed E-state index contributed by atoms with van der Waals surface area (Å²) in [6.45, 7) is 0.908. The molecular weight excluding hydrogens is 1030 g/mol. The van der Waals surface area contributed by atoms with Crippen LogP contribution in [0.3, 0.4) is 0 Å². The molecule has 0 aliphatic carbocycles. The molecule has 10 rings (SSSR count). The second-order valence-corrected chi connectivity index (χ2v) is 17.1. The Hall–Kier alpha value is -10.6. The number of carbonyl (C=O) groups excluding carboxylic acids is 8. The van der Waals surface area contributed by atoms with Crippen molar-refractivity contribution in [1.29, 1.82) is 0 Å². The smallest absolute Gasteiger partial charge is 0.270 e. The van der Waals surface area contributed by atoms with Gasteiger partial charge in [-0.25, -0.2) is 36.6 Å². The molecule has 27 heteroatoms. The van der Waals surface area contributed by atoms with Gasteiger partial charge in [0.15, 0.2) is 41.9 Å². The number of halogens is 4. The van der Waals surface area contributed by atoms with Crippen LogP contribution in [-0.2, 0) is 35.8 Å². The fraction of sp³-hybridized carbons (Fsp3) is 0.137. The molecule has 4 aromatic heterocycles. The van der Waals surface area contributed by atoms with Crippen molar-refractivity contribution in [2.75, 3.05) is 23.8 Å². The van der Waals surface area contributed by atoms with Gasteiger partial charge < -0.3 is 47.1 Å². The molecule has 0 radical (unpaired) electrons. The van der Waals surface area contributed by atoms with Gasteiger partial charge in [-0.15, -0.1) is 0 Å². The molecule has 8 N–H and O–H groups in total. The van der Waals surface area contributed by atoms with E-state index in [0.717, 1.165) is 45.7 Å². The minimum Gasteiger partial charge on any atom is -0.482 e. The van der Waals surface area contributed by atoms with Crippen LogP contribution in [0, 0.1) is 23.3 Å². The Labute approximate surface area is 435 Å². The molecule has 7 amide bonds. The molecule has 2 aliphatic heterocycles. The average molecular weight is 1070 g/mol. The Morgan fingerprint density at radius 2 is 0.962 bits per heavy atom. The predicted octanol–water partition coefficient (Wildman–Crippen LogP) is 3.70. The number of nitrogens with zero attached hydrogens (tertiary/aromatic N) is 6. The molecule has 0 spiro atoms. The SMILES string of the molecule is CC(=O)c1cc(CNC(=O)c2cc(C(=O)NCc3ccc4c(c3)NC(=O)CO4)nc3c(F)cnn23)ccc1F.NC(=O)c1ccc(CNC(=O)c2cc(C(=O)NCc3ccc4c(c3)NC(=O)CO4)nc3c(F)cnn23)cc1F. The molecule has 0 fully saturated rings. The first-order valence-corrected chi connectivity index (χ1v) is 23.1. The van der Waals surface area contributed by atoms with E-state index in [2.05, 4.69) is 52.1 Å². The number of amides is 7. The van der Waals surface area contributed by atoms with E-state index in [9.17, 15) is 55.9 Å². The summed E-state index contributed by atoms with van der Waals surface area (Å²) in [5, 5.41) is 23.4. The van der Waals surface area contributed by atoms with Crippen LogP contribution in [0.25, 0.3) is 11.3 Å². The molecule has 396 valence electrons. The molecule has 0 saturated carbocycles. The summed E-state index contributed by atoms with van der Waals surface area (Å²) in [6.07, 6.45) is 1.71. The van der Waals surface area contributed by atoms with Crippen LogP contribution in [0.15, 0.2) is 97.3 Å². The van der Waals surface area contributed by atoms with Crippen molar-refractivity contribution in [3.8, 4) is 11.5 Å². The summed E-state index contributed by atoms with van der Waals surface area (Å²) in [6, 6.07) is 19.8. The Morgan fingerprint density at radius 3 is 1.41 bits per heavy atom. The molecule has 6 heterocycles. The van der Waals surface area contributed by atoms with E-state index in [1.54, 1.807) is 36.4 Å². The van der Waals surface area contributed by atoms with Crippen LogP contribution in [0.4, 0.5) is 28.9 Å². The second-order valence-electron chi connectivity index (χ2n) is 17.1. The number of hydrogen-bond acceptors (Lipinski definition) is 14. The average Bonchev–Trinajstić information content (AvgIpc) is 4.04. The number of ether oxygens (including phenoxy) is 2. The summed E-state index contributed by atoms with van der Waals surface area (Å²) < 4.78 is 69.1. The van der Waals surface area contributed by atoms with Crippen molar-refractivity contribution in [3.63, 3.8) is 0 Å². The van der Waals surface area contributed by atoms with Crippen LogP contribution < -0.4 is 47.1 Å². The Morgan fingerprint density at radius 1 is 0.538 bits per heavy atom. The number of aromatic nitrogens is 6. The van der Waals surface area contributed by atoms with Gasteiger partial charge >= 0.3 is 0 Å². The molecule has 0 atom stereocenters. The topological polar surface area (TPSA) is 314 Å². The Balaban J connectivity index is 0.000000190. The zero-order valence-corrected chi connectivity index (χ0v) is 40.3.